The predicted octanol–water partition coefficient (Wildman–Crippen LogP) is 3.35. The summed E-state index contributed by atoms with van der Waals surface area (Å²) in [5.41, 5.74) is 3.15. The van der Waals surface area contributed by atoms with Gasteiger partial charge in [-0.1, -0.05) is 36.4 Å². The first-order chi connectivity index (χ1) is 11.3. The minimum atomic E-state index is 0.0256. The molecule has 0 bridgehead atoms. The van der Waals surface area contributed by atoms with Crippen molar-refractivity contribution in [2.45, 2.75) is 18.9 Å². The molecular formula is C19H18N2O2. The highest BCUT2D eigenvalue weighted by molar-refractivity contribution is 5.89. The van der Waals surface area contributed by atoms with Crippen molar-refractivity contribution in [2.75, 3.05) is 6.61 Å². The van der Waals surface area contributed by atoms with Gasteiger partial charge in [-0.05, 0) is 17.7 Å². The summed E-state index contributed by atoms with van der Waals surface area (Å²) < 4.78 is 5.64. The van der Waals surface area contributed by atoms with E-state index in [-0.39, 0.29) is 11.9 Å². The molecule has 2 aromatic carbocycles. The van der Waals surface area contributed by atoms with Gasteiger partial charge in [0.15, 0.2) is 0 Å². The van der Waals surface area contributed by atoms with Crippen LogP contribution in [-0.4, -0.2) is 17.5 Å². The second kappa shape index (κ2) is 5.80. The first-order valence-electron chi connectivity index (χ1n) is 7.87. The number of benzene rings is 2. The van der Waals surface area contributed by atoms with Gasteiger partial charge in [-0.25, -0.2) is 0 Å². The summed E-state index contributed by atoms with van der Waals surface area (Å²) in [7, 11) is 0. The van der Waals surface area contributed by atoms with Crippen LogP contribution in [0.25, 0.3) is 10.9 Å². The van der Waals surface area contributed by atoms with E-state index in [0.717, 1.165) is 34.2 Å². The van der Waals surface area contributed by atoms with Gasteiger partial charge in [0.2, 0.25) is 5.91 Å². The van der Waals surface area contributed by atoms with Crippen LogP contribution in [0.15, 0.2) is 54.7 Å². The zero-order chi connectivity index (χ0) is 15.6. The van der Waals surface area contributed by atoms with Gasteiger partial charge in [-0.15, -0.1) is 0 Å². The van der Waals surface area contributed by atoms with Crippen molar-refractivity contribution in [1.29, 1.82) is 0 Å². The minimum absolute atomic E-state index is 0.0256. The minimum Gasteiger partial charge on any atom is -0.493 e. The Bertz CT molecular complexity index is 853. The van der Waals surface area contributed by atoms with Gasteiger partial charge in [0.25, 0.3) is 0 Å². The summed E-state index contributed by atoms with van der Waals surface area (Å²) in [5, 5.41) is 4.25. The molecule has 0 unspecified atom stereocenters. The highest BCUT2D eigenvalue weighted by Crippen LogP contribution is 2.31. The molecule has 1 aliphatic rings. The maximum atomic E-state index is 12.5. The molecule has 0 spiro atoms. The molecule has 0 fully saturated rings. The van der Waals surface area contributed by atoms with E-state index in [1.54, 1.807) is 0 Å². The zero-order valence-corrected chi connectivity index (χ0v) is 12.7. The molecule has 2 heterocycles. The van der Waals surface area contributed by atoms with Crippen LogP contribution in [0.4, 0.5) is 0 Å². The molecule has 0 aliphatic carbocycles. The van der Waals surface area contributed by atoms with Gasteiger partial charge in [0.05, 0.1) is 19.1 Å². The number of amides is 1. The number of rotatable bonds is 3. The standard InChI is InChI=1S/C19H18N2O2/c22-19(11-13-12-20-16-7-3-1-5-14(13)16)21-17-9-10-23-18-8-4-2-6-15(17)18/h1-8,12,17,20H,9-11H2,(H,21,22)/t17-/m0/s1. The van der Waals surface area contributed by atoms with Crippen molar-refractivity contribution < 1.29 is 9.53 Å². The SMILES string of the molecule is O=C(Cc1c[nH]c2ccccc12)N[C@H]1CCOc2ccccc21. The van der Waals surface area contributed by atoms with Crippen molar-refractivity contribution in [3.63, 3.8) is 0 Å². The van der Waals surface area contributed by atoms with Crippen molar-refractivity contribution in [3.8, 4) is 5.75 Å². The second-order valence-electron chi connectivity index (χ2n) is 5.83. The largest absolute Gasteiger partial charge is 0.493 e. The molecule has 1 aromatic heterocycles. The van der Waals surface area contributed by atoms with Crippen molar-refractivity contribution >= 4 is 16.8 Å². The Kier molecular flexibility index (Phi) is 3.50. The third-order valence-electron chi connectivity index (χ3n) is 4.32. The fourth-order valence-electron chi connectivity index (χ4n) is 3.19. The number of carbonyl (C=O) groups excluding carboxylic acids is 1. The summed E-state index contributed by atoms with van der Waals surface area (Å²) in [6, 6.07) is 16.0. The van der Waals surface area contributed by atoms with Crippen LogP contribution in [0.1, 0.15) is 23.6 Å². The van der Waals surface area contributed by atoms with Gasteiger partial charge in [0, 0.05) is 29.1 Å². The summed E-state index contributed by atoms with van der Waals surface area (Å²) >= 11 is 0. The number of aromatic amines is 1. The van der Waals surface area contributed by atoms with Gasteiger partial charge >= 0.3 is 0 Å². The van der Waals surface area contributed by atoms with Crippen molar-refractivity contribution in [1.82, 2.24) is 10.3 Å². The highest BCUT2D eigenvalue weighted by Gasteiger charge is 2.22. The lowest BCUT2D eigenvalue weighted by Crippen LogP contribution is -2.33. The number of carbonyl (C=O) groups is 1. The molecule has 116 valence electrons. The number of nitrogens with one attached hydrogen (secondary N) is 2. The number of para-hydroxylation sites is 2. The van der Waals surface area contributed by atoms with Gasteiger partial charge in [0.1, 0.15) is 5.75 Å². The van der Waals surface area contributed by atoms with E-state index < -0.39 is 0 Å². The van der Waals surface area contributed by atoms with E-state index in [9.17, 15) is 4.79 Å². The first-order valence-corrected chi connectivity index (χ1v) is 7.87. The maximum Gasteiger partial charge on any atom is 0.224 e. The van der Waals surface area contributed by atoms with Crippen molar-refractivity contribution in [2.24, 2.45) is 0 Å². The van der Waals surface area contributed by atoms with Crippen LogP contribution in [-0.2, 0) is 11.2 Å². The number of ether oxygens (including phenoxy) is 1. The lowest BCUT2D eigenvalue weighted by molar-refractivity contribution is -0.121. The Labute approximate surface area is 134 Å². The summed E-state index contributed by atoms with van der Waals surface area (Å²) in [5.74, 6) is 0.910. The van der Waals surface area contributed by atoms with E-state index in [4.69, 9.17) is 4.74 Å². The Morgan fingerprint density at radius 2 is 2.00 bits per heavy atom. The van der Waals surface area contributed by atoms with E-state index in [2.05, 4.69) is 10.3 Å². The molecule has 4 rings (SSSR count). The number of H-pyrrole nitrogens is 1. The molecule has 3 aromatic rings. The quantitative estimate of drug-likeness (QED) is 0.779. The maximum absolute atomic E-state index is 12.5. The van der Waals surface area contributed by atoms with E-state index in [1.807, 2.05) is 54.7 Å². The fourth-order valence-corrected chi connectivity index (χ4v) is 3.19. The second-order valence-corrected chi connectivity index (χ2v) is 5.83. The van der Waals surface area contributed by atoms with Crippen LogP contribution < -0.4 is 10.1 Å². The Hall–Kier alpha value is -2.75. The smallest absolute Gasteiger partial charge is 0.224 e. The van der Waals surface area contributed by atoms with E-state index >= 15 is 0 Å². The molecule has 23 heavy (non-hydrogen) atoms. The Morgan fingerprint density at radius 1 is 1.17 bits per heavy atom. The molecule has 1 amide bonds. The number of aromatic nitrogens is 1. The van der Waals surface area contributed by atoms with Crippen LogP contribution in [0.2, 0.25) is 0 Å². The lowest BCUT2D eigenvalue weighted by Gasteiger charge is -2.26. The normalized spacial score (nSPS) is 16.6. The molecule has 2 N–H and O–H groups in total. The third kappa shape index (κ3) is 2.68. The predicted molar refractivity (Wildman–Crippen MR) is 89.4 cm³/mol. The third-order valence-corrected chi connectivity index (χ3v) is 4.32. The fraction of sp³-hybridized carbons (Fsp3) is 0.211. The summed E-state index contributed by atoms with van der Waals surface area (Å²) in [6.45, 7) is 0.634. The number of hydrogen-bond acceptors (Lipinski definition) is 2. The van der Waals surface area contributed by atoms with Crippen LogP contribution in [0.3, 0.4) is 0 Å². The molecule has 4 nitrogen and oxygen atoms in total. The molecule has 0 saturated carbocycles. The number of fused-ring (bicyclic) bond motifs is 2. The summed E-state index contributed by atoms with van der Waals surface area (Å²) in [6.07, 6.45) is 3.10. The highest BCUT2D eigenvalue weighted by atomic mass is 16.5. The van der Waals surface area contributed by atoms with Gasteiger partial charge in [-0.3, -0.25) is 4.79 Å². The number of hydrogen-bond donors (Lipinski definition) is 2. The topological polar surface area (TPSA) is 54.1 Å². The van der Waals surface area contributed by atoms with E-state index in [0.29, 0.717) is 13.0 Å². The van der Waals surface area contributed by atoms with E-state index in [1.165, 1.54) is 0 Å². The van der Waals surface area contributed by atoms with Crippen LogP contribution >= 0.6 is 0 Å². The molecule has 1 aliphatic heterocycles. The average molecular weight is 306 g/mol. The lowest BCUT2D eigenvalue weighted by atomic mass is 10.00. The molecular weight excluding hydrogens is 288 g/mol. The monoisotopic (exact) mass is 306 g/mol. The van der Waals surface area contributed by atoms with Crippen LogP contribution in [0.5, 0.6) is 5.75 Å². The molecule has 1 atom stereocenters. The van der Waals surface area contributed by atoms with Crippen LogP contribution in [0, 0.1) is 0 Å². The summed E-state index contributed by atoms with van der Waals surface area (Å²) in [4.78, 5) is 15.7. The molecule has 0 saturated heterocycles. The van der Waals surface area contributed by atoms with Gasteiger partial charge < -0.3 is 15.0 Å². The average Bonchev–Trinajstić information content (AvgIpc) is 2.98. The first kappa shape index (κ1) is 13.9. The zero-order valence-electron chi connectivity index (χ0n) is 12.7. The van der Waals surface area contributed by atoms with Gasteiger partial charge in [-0.2, -0.15) is 0 Å². The molecule has 0 radical (unpaired) electrons. The Balaban J connectivity index is 1.51. The Morgan fingerprint density at radius 3 is 2.96 bits per heavy atom. The van der Waals surface area contributed by atoms with Crippen molar-refractivity contribution in [3.05, 3.63) is 65.9 Å². The molecule has 4 heteroatoms.